The smallest absolute Gasteiger partial charge is 0.431 e. The van der Waals surface area contributed by atoms with Crippen LogP contribution < -0.4 is 5.48 Å². The zero-order valence-electron chi connectivity index (χ0n) is 27.5. The van der Waals surface area contributed by atoms with Crippen molar-refractivity contribution in [3.05, 3.63) is 17.5 Å². The first kappa shape index (κ1) is 36.7. The Labute approximate surface area is 245 Å². The van der Waals surface area contributed by atoms with E-state index in [1.54, 1.807) is 20.8 Å². The van der Waals surface area contributed by atoms with E-state index in [2.05, 4.69) is 79.3 Å². The molecule has 1 N–H and O–H groups in total. The molecule has 40 heavy (non-hydrogen) atoms. The second-order valence-electron chi connectivity index (χ2n) is 14.1. The van der Waals surface area contributed by atoms with Gasteiger partial charge in [-0.2, -0.15) is 10.6 Å². The summed E-state index contributed by atoms with van der Waals surface area (Å²) in [6.45, 7) is 31.4. The van der Waals surface area contributed by atoms with Crippen molar-refractivity contribution in [3.8, 4) is 0 Å². The van der Waals surface area contributed by atoms with Crippen molar-refractivity contribution in [2.75, 3.05) is 33.0 Å². The zero-order valence-corrected chi connectivity index (χ0v) is 29.5. The topological polar surface area (TPSA) is 102 Å². The van der Waals surface area contributed by atoms with Crippen LogP contribution in [-0.2, 0) is 47.7 Å². The lowest BCUT2D eigenvalue weighted by atomic mass is 10.2. The SMILES string of the molecule is CC(C)(C)OC(=O)NOCCOCCOCCn1nc(CO[Si](C)(C)C(C)(C)C)cc1CO[Si](C)(C)C(C)(C)C. The summed E-state index contributed by atoms with van der Waals surface area (Å²) >= 11 is 0. The van der Waals surface area contributed by atoms with E-state index in [1.165, 1.54) is 0 Å². The van der Waals surface area contributed by atoms with E-state index >= 15 is 0 Å². The molecule has 1 amide bonds. The summed E-state index contributed by atoms with van der Waals surface area (Å²) in [7, 11) is -3.79. The van der Waals surface area contributed by atoms with Gasteiger partial charge in [-0.05, 0) is 63.1 Å². The highest BCUT2D eigenvalue weighted by Crippen LogP contribution is 2.38. The van der Waals surface area contributed by atoms with Gasteiger partial charge in [0.15, 0.2) is 16.6 Å². The Hall–Kier alpha value is -1.29. The molecule has 1 heterocycles. The first-order valence-electron chi connectivity index (χ1n) is 14.2. The van der Waals surface area contributed by atoms with Gasteiger partial charge >= 0.3 is 6.09 Å². The number of carbonyl (C=O) groups is 1. The number of nitrogens with zero attached hydrogens (tertiary/aromatic N) is 2. The number of nitrogens with one attached hydrogen (secondary N) is 1. The molecule has 0 spiro atoms. The maximum Gasteiger partial charge on any atom is 0.431 e. The summed E-state index contributed by atoms with van der Waals surface area (Å²) < 4.78 is 31.3. The Kier molecular flexibility index (Phi) is 14.0. The van der Waals surface area contributed by atoms with E-state index in [0.717, 1.165) is 11.4 Å². The first-order valence-corrected chi connectivity index (χ1v) is 20.1. The van der Waals surface area contributed by atoms with Crippen molar-refractivity contribution in [1.29, 1.82) is 0 Å². The third-order valence-electron chi connectivity index (χ3n) is 7.39. The third kappa shape index (κ3) is 13.6. The number of amides is 1. The third-order valence-corrected chi connectivity index (χ3v) is 16.3. The molecule has 0 saturated carbocycles. The molecular weight excluding hydrogens is 546 g/mol. The summed E-state index contributed by atoms with van der Waals surface area (Å²) in [4.78, 5) is 16.6. The van der Waals surface area contributed by atoms with Gasteiger partial charge in [-0.3, -0.25) is 9.52 Å². The maximum absolute atomic E-state index is 11.5. The summed E-state index contributed by atoms with van der Waals surface area (Å²) in [6, 6.07) is 2.11. The van der Waals surface area contributed by atoms with Crippen LogP contribution in [0.3, 0.4) is 0 Å². The molecule has 0 aliphatic carbocycles. The Bertz CT molecular complexity index is 901. The van der Waals surface area contributed by atoms with E-state index in [9.17, 15) is 4.79 Å². The number of hydrogen-bond acceptors (Lipinski definition) is 8. The van der Waals surface area contributed by atoms with Crippen LogP contribution >= 0.6 is 0 Å². The average Bonchev–Trinajstić information content (AvgIpc) is 3.17. The van der Waals surface area contributed by atoms with Crippen LogP contribution in [0.25, 0.3) is 0 Å². The molecule has 0 aliphatic heterocycles. The largest absolute Gasteiger partial charge is 0.442 e. The number of aromatic nitrogens is 2. The lowest BCUT2D eigenvalue weighted by Crippen LogP contribution is -2.40. The molecule has 0 atom stereocenters. The van der Waals surface area contributed by atoms with Crippen molar-refractivity contribution in [2.24, 2.45) is 0 Å². The van der Waals surface area contributed by atoms with Crippen LogP contribution in [-0.4, -0.2) is 71.1 Å². The van der Waals surface area contributed by atoms with Crippen LogP contribution in [0.15, 0.2) is 6.07 Å². The molecule has 0 unspecified atom stereocenters. The van der Waals surface area contributed by atoms with E-state index < -0.39 is 28.3 Å². The lowest BCUT2D eigenvalue weighted by Gasteiger charge is -2.36. The fraction of sp³-hybridized carbons (Fsp3) is 0.857. The van der Waals surface area contributed by atoms with Gasteiger partial charge in [0.1, 0.15) is 5.60 Å². The minimum atomic E-state index is -1.91. The van der Waals surface area contributed by atoms with Gasteiger partial charge in [-0.25, -0.2) is 4.79 Å². The summed E-state index contributed by atoms with van der Waals surface area (Å²) in [5.41, 5.74) is 3.61. The fourth-order valence-electron chi connectivity index (χ4n) is 2.82. The molecule has 0 saturated heterocycles. The van der Waals surface area contributed by atoms with Gasteiger partial charge in [-0.1, -0.05) is 41.5 Å². The maximum atomic E-state index is 11.5. The molecule has 0 bridgehead atoms. The number of ether oxygens (including phenoxy) is 3. The minimum absolute atomic E-state index is 0.131. The molecular formula is C28H57N3O7Si2. The van der Waals surface area contributed by atoms with Gasteiger partial charge in [0.25, 0.3) is 0 Å². The predicted octanol–water partition coefficient (Wildman–Crippen LogP) is 6.42. The van der Waals surface area contributed by atoms with Crippen LogP contribution in [0.4, 0.5) is 4.79 Å². The number of hydroxylamine groups is 1. The molecule has 234 valence electrons. The quantitative estimate of drug-likeness (QED) is 0.131. The predicted molar refractivity (Wildman–Crippen MR) is 163 cm³/mol. The lowest BCUT2D eigenvalue weighted by molar-refractivity contribution is -0.0331. The Morgan fingerprint density at radius 3 is 1.82 bits per heavy atom. The summed E-state index contributed by atoms with van der Waals surface area (Å²) in [6.07, 6.45) is -0.627. The fourth-order valence-corrected chi connectivity index (χ4v) is 4.70. The molecule has 12 heteroatoms. The Balaban J connectivity index is 2.55. The van der Waals surface area contributed by atoms with E-state index in [-0.39, 0.29) is 16.7 Å². The second-order valence-corrected chi connectivity index (χ2v) is 23.7. The van der Waals surface area contributed by atoms with Crippen molar-refractivity contribution in [2.45, 2.75) is 124 Å². The van der Waals surface area contributed by atoms with Gasteiger partial charge in [0, 0.05) is 0 Å². The van der Waals surface area contributed by atoms with Gasteiger partial charge in [0.2, 0.25) is 0 Å². The minimum Gasteiger partial charge on any atom is -0.442 e. The molecule has 10 nitrogen and oxygen atoms in total. The van der Waals surface area contributed by atoms with Crippen molar-refractivity contribution in [3.63, 3.8) is 0 Å². The monoisotopic (exact) mass is 603 g/mol. The van der Waals surface area contributed by atoms with Crippen molar-refractivity contribution >= 4 is 22.7 Å². The highest BCUT2D eigenvalue weighted by molar-refractivity contribution is 6.74. The average molecular weight is 604 g/mol. The normalized spacial score (nSPS) is 13.5. The van der Waals surface area contributed by atoms with Crippen molar-refractivity contribution < 1.29 is 32.7 Å². The van der Waals surface area contributed by atoms with Crippen molar-refractivity contribution in [1.82, 2.24) is 15.3 Å². The van der Waals surface area contributed by atoms with Crippen LogP contribution in [0.1, 0.15) is 73.7 Å². The summed E-state index contributed by atoms with van der Waals surface area (Å²) in [5, 5.41) is 5.11. The summed E-state index contributed by atoms with van der Waals surface area (Å²) in [5.74, 6) is 0. The van der Waals surface area contributed by atoms with Gasteiger partial charge < -0.3 is 23.1 Å². The number of rotatable bonds is 16. The Morgan fingerprint density at radius 2 is 1.30 bits per heavy atom. The first-order chi connectivity index (χ1) is 18.1. The van der Waals surface area contributed by atoms with Gasteiger partial charge in [-0.15, -0.1) is 0 Å². The Morgan fingerprint density at radius 1 is 0.800 bits per heavy atom. The van der Waals surface area contributed by atoms with E-state index in [0.29, 0.717) is 46.2 Å². The van der Waals surface area contributed by atoms with Crippen LogP contribution in [0.5, 0.6) is 0 Å². The molecule has 1 aromatic rings. The highest BCUT2D eigenvalue weighted by atomic mass is 28.4. The molecule has 0 aliphatic rings. The molecule has 1 rings (SSSR count). The van der Waals surface area contributed by atoms with Gasteiger partial charge in [0.05, 0.1) is 64.2 Å². The van der Waals surface area contributed by atoms with E-state index in [4.69, 9.17) is 33.0 Å². The van der Waals surface area contributed by atoms with Crippen LogP contribution in [0.2, 0.25) is 36.3 Å². The second kappa shape index (κ2) is 15.3. The highest BCUT2D eigenvalue weighted by Gasteiger charge is 2.38. The molecule has 0 radical (unpaired) electrons. The molecule has 1 aromatic heterocycles. The van der Waals surface area contributed by atoms with E-state index in [1.807, 2.05) is 4.68 Å². The molecule has 0 fully saturated rings. The standard InChI is InChI=1S/C28H57N3O7Si2/c1-26(2,3)38-25(32)30-35-19-18-34-17-16-33-15-14-31-24(22-37-40(12,13)28(7,8)9)20-23(29-31)21-36-39(10,11)27(4,5)6/h20H,14-19,21-22H2,1-13H3,(H,30,32). The number of hydrogen-bond donors (Lipinski definition) is 1. The number of carbonyl (C=O) groups excluding carboxylic acids is 1. The zero-order chi connectivity index (χ0) is 30.8. The van der Waals surface area contributed by atoms with Crippen LogP contribution in [0, 0.1) is 0 Å². The molecule has 0 aromatic carbocycles.